The van der Waals surface area contributed by atoms with E-state index in [1.54, 1.807) is 40.3 Å². The number of β-amino-alcohol motifs (C(OH)–C–C–N with tert-alkyl or cyclic N) is 1. The van der Waals surface area contributed by atoms with E-state index in [0.717, 1.165) is 42.7 Å². The molecular weight excluding hydrogens is 856 g/mol. The van der Waals surface area contributed by atoms with Crippen LogP contribution in [0.5, 0.6) is 5.75 Å². The molecule has 0 bridgehead atoms. The first-order chi connectivity index (χ1) is 31.3. The Morgan fingerprint density at radius 1 is 0.985 bits per heavy atom. The van der Waals surface area contributed by atoms with Gasteiger partial charge in [-0.2, -0.15) is 20.3 Å². The molecule has 0 unspecified atom stereocenters. The van der Waals surface area contributed by atoms with Gasteiger partial charge in [0.25, 0.3) is 5.91 Å². The highest BCUT2D eigenvalue weighted by atomic mass is 35.5. The Bertz CT molecular complexity index is 2340. The second-order valence-electron chi connectivity index (χ2n) is 19.8. The maximum absolute atomic E-state index is 14.1. The molecule has 4 N–H and O–H groups in total. The van der Waals surface area contributed by atoms with E-state index in [4.69, 9.17) is 21.1 Å². The topological polar surface area (TPSA) is 184 Å². The van der Waals surface area contributed by atoms with E-state index in [1.165, 1.54) is 0 Å². The van der Waals surface area contributed by atoms with Gasteiger partial charge in [0.05, 0.1) is 40.8 Å². The molecule has 1 aromatic heterocycles. The highest BCUT2D eigenvalue weighted by Gasteiger charge is 2.64. The zero-order valence-electron chi connectivity index (χ0n) is 39.3. The summed E-state index contributed by atoms with van der Waals surface area (Å²) in [5.74, 6) is -0.460. The number of hydrogen-bond acceptors (Lipinski definition) is 11. The number of aliphatic hydroxyl groups is 1. The van der Waals surface area contributed by atoms with Crippen molar-refractivity contribution >= 4 is 34.9 Å². The highest BCUT2D eigenvalue weighted by Crippen LogP contribution is 2.55. The molecule has 1 saturated heterocycles. The number of hydrogen-bond donors (Lipinski definition) is 4. The summed E-state index contributed by atoms with van der Waals surface area (Å²) in [5, 5.41) is 38.5. The number of amides is 2. The van der Waals surface area contributed by atoms with E-state index in [9.17, 15) is 24.8 Å². The van der Waals surface area contributed by atoms with Crippen molar-refractivity contribution < 1.29 is 29.0 Å². The number of nitrogens with one attached hydrogen (secondary N) is 3. The SMILES string of the molecule is C=C(NCc1ccc(-n2nccn2)cc1)[C@@H]1C[C@@H](O)CN1C(=O)[C@@H](CC(=O)COCCCCCNc1ccc(C(=O)NC2C(C)(C)C(Oc3ccc(C#N)c(Cl)c3)C2(C)C)cc1)C(C)(C)C. The Balaban J connectivity index is 0.875. The third kappa shape index (κ3) is 12.0. The number of benzene rings is 3. The molecule has 2 aliphatic rings. The number of anilines is 1. The molecule has 1 saturated carbocycles. The van der Waals surface area contributed by atoms with E-state index in [0.29, 0.717) is 47.2 Å². The Labute approximate surface area is 394 Å². The van der Waals surface area contributed by atoms with Gasteiger partial charge in [0.1, 0.15) is 24.5 Å². The zero-order valence-corrected chi connectivity index (χ0v) is 40.0. The number of ether oxygens (including phenoxy) is 2. The lowest BCUT2D eigenvalue weighted by molar-refractivity contribution is -0.164. The van der Waals surface area contributed by atoms with Crippen LogP contribution in [0.1, 0.15) is 102 Å². The molecule has 2 heterocycles. The van der Waals surface area contributed by atoms with Gasteiger partial charge in [-0.25, -0.2) is 0 Å². The lowest BCUT2D eigenvalue weighted by Gasteiger charge is -2.63. The molecule has 352 valence electrons. The maximum Gasteiger partial charge on any atom is 0.251 e. The van der Waals surface area contributed by atoms with E-state index in [2.05, 4.69) is 66.5 Å². The van der Waals surface area contributed by atoms with Crippen molar-refractivity contribution in [3.8, 4) is 17.5 Å². The first kappa shape index (κ1) is 49.7. The minimum Gasteiger partial charge on any atom is -0.489 e. The van der Waals surface area contributed by atoms with E-state index in [-0.39, 0.29) is 60.1 Å². The fourth-order valence-electron chi connectivity index (χ4n) is 9.54. The highest BCUT2D eigenvalue weighted by molar-refractivity contribution is 6.31. The second-order valence-corrected chi connectivity index (χ2v) is 20.2. The van der Waals surface area contributed by atoms with Crippen molar-refractivity contribution in [3.05, 3.63) is 113 Å². The molecule has 3 aromatic carbocycles. The van der Waals surface area contributed by atoms with Gasteiger partial charge >= 0.3 is 0 Å². The van der Waals surface area contributed by atoms with Crippen molar-refractivity contribution in [2.24, 2.45) is 22.2 Å². The molecule has 0 radical (unpaired) electrons. The summed E-state index contributed by atoms with van der Waals surface area (Å²) in [5.41, 5.74) is 3.13. The van der Waals surface area contributed by atoms with Gasteiger partial charge in [-0.15, -0.1) is 0 Å². The molecule has 0 spiro atoms. The Morgan fingerprint density at radius 2 is 1.67 bits per heavy atom. The van der Waals surface area contributed by atoms with Crippen molar-refractivity contribution in [1.29, 1.82) is 5.26 Å². The van der Waals surface area contributed by atoms with Gasteiger partial charge in [-0.3, -0.25) is 14.4 Å². The number of carbonyl (C=O) groups is 3. The molecule has 6 rings (SSSR count). The summed E-state index contributed by atoms with van der Waals surface area (Å²) in [6.07, 6.45) is 5.35. The van der Waals surface area contributed by atoms with Gasteiger partial charge < -0.3 is 35.4 Å². The van der Waals surface area contributed by atoms with Crippen LogP contribution in [-0.4, -0.2) is 93.2 Å². The Kier molecular flexibility index (Phi) is 16.0. The molecular formula is C51H65ClN8O6. The van der Waals surface area contributed by atoms with Crippen LogP contribution in [0.2, 0.25) is 5.02 Å². The van der Waals surface area contributed by atoms with E-state index in [1.807, 2.05) is 69.3 Å². The van der Waals surface area contributed by atoms with Gasteiger partial charge in [-0.05, 0) is 78.8 Å². The molecule has 15 heteroatoms. The summed E-state index contributed by atoms with van der Waals surface area (Å²) >= 11 is 6.24. The largest absolute Gasteiger partial charge is 0.489 e. The van der Waals surface area contributed by atoms with Crippen LogP contribution in [0, 0.1) is 33.5 Å². The first-order valence-electron chi connectivity index (χ1n) is 22.8. The van der Waals surface area contributed by atoms with Crippen LogP contribution in [-0.2, 0) is 20.9 Å². The normalized spacial score (nSPS) is 20.1. The van der Waals surface area contributed by atoms with Gasteiger partial charge in [0.15, 0.2) is 5.78 Å². The van der Waals surface area contributed by atoms with Crippen LogP contribution in [0.4, 0.5) is 5.69 Å². The van der Waals surface area contributed by atoms with Crippen molar-refractivity contribution in [2.75, 3.05) is 31.6 Å². The fraction of sp³-hybridized carbons (Fsp3) is 0.490. The van der Waals surface area contributed by atoms with Crippen LogP contribution >= 0.6 is 11.6 Å². The average molecular weight is 922 g/mol. The monoisotopic (exact) mass is 920 g/mol. The molecule has 3 atom stereocenters. The lowest BCUT2D eigenvalue weighted by atomic mass is 9.49. The summed E-state index contributed by atoms with van der Waals surface area (Å²) in [6.45, 7) is 20.2. The smallest absolute Gasteiger partial charge is 0.251 e. The number of carbonyl (C=O) groups excluding carboxylic acids is 3. The number of aliphatic hydroxyl groups excluding tert-OH is 1. The van der Waals surface area contributed by atoms with Gasteiger partial charge in [-0.1, -0.05) is 78.8 Å². The van der Waals surface area contributed by atoms with Gasteiger partial charge in [0, 0.05) is 84.9 Å². The van der Waals surface area contributed by atoms with Crippen molar-refractivity contribution in [1.82, 2.24) is 30.5 Å². The van der Waals surface area contributed by atoms with Crippen LogP contribution in [0.3, 0.4) is 0 Å². The third-order valence-corrected chi connectivity index (χ3v) is 13.3. The number of nitriles is 1. The number of nitrogens with zero attached hydrogens (tertiary/aromatic N) is 5. The van der Waals surface area contributed by atoms with E-state index >= 15 is 0 Å². The number of Topliss-reactive ketones (excluding diaryl/α,β-unsaturated/α-hetero) is 1. The molecule has 2 fully saturated rings. The summed E-state index contributed by atoms with van der Waals surface area (Å²) in [6, 6.07) is 21.8. The number of unbranched alkanes of at least 4 members (excludes halogenated alkanes) is 2. The zero-order chi connectivity index (χ0) is 47.8. The predicted molar refractivity (Wildman–Crippen MR) is 255 cm³/mol. The number of halogens is 1. The summed E-state index contributed by atoms with van der Waals surface area (Å²) < 4.78 is 12.1. The van der Waals surface area contributed by atoms with Crippen LogP contribution in [0.25, 0.3) is 5.69 Å². The number of ketones is 1. The number of aromatic nitrogens is 3. The number of likely N-dealkylation sites (tertiary alicyclic amines) is 1. The molecule has 2 amide bonds. The second kappa shape index (κ2) is 21.3. The van der Waals surface area contributed by atoms with Crippen LogP contribution in [0.15, 0.2) is 91.4 Å². The third-order valence-electron chi connectivity index (χ3n) is 13.0. The number of rotatable bonds is 21. The Hall–Kier alpha value is -5.75. The molecule has 14 nitrogen and oxygen atoms in total. The van der Waals surface area contributed by atoms with Crippen LogP contribution < -0.4 is 20.7 Å². The Morgan fingerprint density at radius 3 is 2.30 bits per heavy atom. The summed E-state index contributed by atoms with van der Waals surface area (Å²) in [7, 11) is 0. The summed E-state index contributed by atoms with van der Waals surface area (Å²) in [4.78, 5) is 43.9. The van der Waals surface area contributed by atoms with Crippen molar-refractivity contribution in [3.63, 3.8) is 0 Å². The molecule has 4 aromatic rings. The minimum atomic E-state index is -0.689. The minimum absolute atomic E-state index is 0.0481. The van der Waals surface area contributed by atoms with E-state index < -0.39 is 23.5 Å². The maximum atomic E-state index is 14.1. The van der Waals surface area contributed by atoms with Crippen molar-refractivity contribution in [2.45, 2.75) is 111 Å². The van der Waals surface area contributed by atoms with Gasteiger partial charge in [0.2, 0.25) is 5.91 Å². The average Bonchev–Trinajstić information content (AvgIpc) is 3.97. The molecule has 1 aliphatic heterocycles. The molecule has 66 heavy (non-hydrogen) atoms. The first-order valence-corrected chi connectivity index (χ1v) is 23.1. The fourth-order valence-corrected chi connectivity index (χ4v) is 9.76. The molecule has 1 aliphatic carbocycles. The lowest BCUT2D eigenvalue weighted by Crippen LogP contribution is -2.74. The predicted octanol–water partition coefficient (Wildman–Crippen LogP) is 7.89. The quantitative estimate of drug-likeness (QED) is 0.0597. The standard InChI is InChI=1S/C51H65ClN8O6/c1-33(55-30-34-12-19-38(20-13-34)60-56-23-24-57-60)44-27-39(61)31-59(44)46(64)42(49(2,3)4)26-40(62)32-65-25-11-9-10-22-54-37-17-14-35(15-18-37)45(63)58-47-50(5,6)48(51(47,7)8)66-41-21-16-36(29-53)43(52)28-41/h12-21,23-24,28,39,42,44,47-48,54-55,61H,1,9-11,22,25-27,30-32H2,2-8H3,(H,58,63)/t39-,42-,44+,47?,48?/m1/s1.